The molecular formula is C21H16ClF3N6O5. The second-order valence-electron chi connectivity index (χ2n) is 7.06. The topological polar surface area (TPSA) is 176 Å². The van der Waals surface area contributed by atoms with Crippen molar-refractivity contribution in [3.05, 3.63) is 69.3 Å². The van der Waals surface area contributed by atoms with E-state index in [-0.39, 0.29) is 10.6 Å². The summed E-state index contributed by atoms with van der Waals surface area (Å²) >= 11 is 6.08. The van der Waals surface area contributed by atoms with E-state index in [0.29, 0.717) is 28.6 Å². The maximum atomic E-state index is 11.3. The summed E-state index contributed by atoms with van der Waals surface area (Å²) in [6.07, 6.45) is -3.42. The molecule has 2 aromatic carbocycles. The van der Waals surface area contributed by atoms with Gasteiger partial charge in [0, 0.05) is 23.1 Å². The van der Waals surface area contributed by atoms with Crippen LogP contribution < -0.4 is 22.1 Å². The molecule has 4 aromatic rings. The Kier molecular flexibility index (Phi) is 7.48. The average molecular weight is 525 g/mol. The standard InChI is InChI=1S/C19H15ClN6O3.C2HF3O2/c1-9-8-22-18(24-10-2-4-12(16(21)27)13(20)6-10)26-17(9)23-11-3-5-15-14(7-11)25-19(28)29-15;3-2(4,5)1(6)7/h2-8H,1H3,(H2,21,27)(H,25,28)(H2,22,23,24,26);(H,6,7). The lowest BCUT2D eigenvalue weighted by Gasteiger charge is -2.11. The van der Waals surface area contributed by atoms with Gasteiger partial charge in [0.2, 0.25) is 11.9 Å². The van der Waals surface area contributed by atoms with Gasteiger partial charge in [-0.05, 0) is 43.3 Å². The zero-order chi connectivity index (χ0) is 26.6. The fraction of sp³-hybridized carbons (Fsp3) is 0.0952. The number of aliphatic carboxylic acids is 1. The number of amides is 1. The lowest BCUT2D eigenvalue weighted by molar-refractivity contribution is -0.192. The summed E-state index contributed by atoms with van der Waals surface area (Å²) in [7, 11) is 0. The van der Waals surface area contributed by atoms with Gasteiger partial charge >= 0.3 is 17.9 Å². The van der Waals surface area contributed by atoms with Crippen molar-refractivity contribution >= 4 is 57.7 Å². The number of benzene rings is 2. The zero-order valence-electron chi connectivity index (χ0n) is 18.1. The minimum absolute atomic E-state index is 0.232. The minimum Gasteiger partial charge on any atom is -0.475 e. The Morgan fingerprint density at radius 2 is 1.78 bits per heavy atom. The van der Waals surface area contributed by atoms with Crippen LogP contribution in [0, 0.1) is 6.92 Å². The van der Waals surface area contributed by atoms with E-state index >= 15 is 0 Å². The normalized spacial score (nSPS) is 10.9. The number of fused-ring (bicyclic) bond motifs is 1. The Hall–Kier alpha value is -4.59. The third kappa shape index (κ3) is 6.50. The molecule has 0 fully saturated rings. The quantitative estimate of drug-likeness (QED) is 0.257. The molecule has 2 aromatic heterocycles. The number of carboxylic acid groups (broad SMARTS) is 1. The maximum absolute atomic E-state index is 11.3. The van der Waals surface area contributed by atoms with E-state index in [1.807, 2.05) is 6.92 Å². The molecule has 0 spiro atoms. The number of aromatic nitrogens is 3. The summed E-state index contributed by atoms with van der Waals surface area (Å²) in [5.74, 6) is -2.96. The number of H-pyrrole nitrogens is 1. The molecule has 11 nitrogen and oxygen atoms in total. The number of rotatable bonds is 5. The predicted molar refractivity (Wildman–Crippen MR) is 124 cm³/mol. The van der Waals surface area contributed by atoms with Gasteiger partial charge in [-0.15, -0.1) is 0 Å². The fourth-order valence-corrected chi connectivity index (χ4v) is 2.99. The molecule has 0 aliphatic carbocycles. The molecular weight excluding hydrogens is 509 g/mol. The Morgan fingerprint density at radius 1 is 1.14 bits per heavy atom. The second-order valence-corrected chi connectivity index (χ2v) is 7.47. The van der Waals surface area contributed by atoms with E-state index in [4.69, 9.17) is 31.7 Å². The van der Waals surface area contributed by atoms with Crippen LogP contribution in [0.2, 0.25) is 5.02 Å². The molecule has 0 aliphatic rings. The molecule has 4 rings (SSSR count). The van der Waals surface area contributed by atoms with Crippen LogP contribution in [-0.2, 0) is 4.79 Å². The zero-order valence-corrected chi connectivity index (χ0v) is 18.9. The second kappa shape index (κ2) is 10.4. The molecule has 0 atom stereocenters. The van der Waals surface area contributed by atoms with Crippen LogP contribution in [0.4, 0.5) is 36.3 Å². The monoisotopic (exact) mass is 524 g/mol. The van der Waals surface area contributed by atoms with Crippen LogP contribution >= 0.6 is 11.6 Å². The number of carbonyl (C=O) groups excluding carboxylic acids is 1. The summed E-state index contributed by atoms with van der Waals surface area (Å²) in [5.41, 5.74) is 8.68. The van der Waals surface area contributed by atoms with Gasteiger partial charge in [-0.1, -0.05) is 11.6 Å². The van der Waals surface area contributed by atoms with Gasteiger partial charge in [0.05, 0.1) is 16.1 Å². The van der Waals surface area contributed by atoms with E-state index in [1.54, 1.807) is 36.5 Å². The number of halogens is 4. The molecule has 0 bridgehead atoms. The van der Waals surface area contributed by atoms with Crippen LogP contribution in [0.5, 0.6) is 0 Å². The lowest BCUT2D eigenvalue weighted by atomic mass is 10.2. The molecule has 1 amide bonds. The highest BCUT2D eigenvalue weighted by atomic mass is 35.5. The number of nitrogens with two attached hydrogens (primary N) is 1. The van der Waals surface area contributed by atoms with Crippen LogP contribution in [0.3, 0.4) is 0 Å². The third-order valence-corrected chi connectivity index (χ3v) is 4.70. The number of oxazole rings is 1. The summed E-state index contributed by atoms with van der Waals surface area (Å²) in [5, 5.41) is 13.6. The molecule has 6 N–H and O–H groups in total. The summed E-state index contributed by atoms with van der Waals surface area (Å²) in [6.45, 7) is 1.86. The van der Waals surface area contributed by atoms with Crippen molar-refractivity contribution in [1.82, 2.24) is 15.0 Å². The Bertz CT molecular complexity index is 1500. The highest BCUT2D eigenvalue weighted by Gasteiger charge is 2.38. The van der Waals surface area contributed by atoms with E-state index in [9.17, 15) is 22.8 Å². The number of nitrogens with zero attached hydrogens (tertiary/aromatic N) is 2. The van der Waals surface area contributed by atoms with Gasteiger partial charge in [0.1, 0.15) is 5.82 Å². The summed E-state index contributed by atoms with van der Waals surface area (Å²) in [6, 6.07) is 9.97. The van der Waals surface area contributed by atoms with Gasteiger partial charge in [-0.2, -0.15) is 18.2 Å². The molecule has 2 heterocycles. The molecule has 0 saturated heterocycles. The van der Waals surface area contributed by atoms with Crippen LogP contribution in [0.15, 0.2) is 51.8 Å². The lowest BCUT2D eigenvalue weighted by Crippen LogP contribution is -2.21. The fourth-order valence-electron chi connectivity index (χ4n) is 2.72. The highest BCUT2D eigenvalue weighted by molar-refractivity contribution is 6.34. The number of carbonyl (C=O) groups is 2. The third-order valence-electron chi connectivity index (χ3n) is 4.39. The first-order valence-electron chi connectivity index (χ1n) is 9.73. The van der Waals surface area contributed by atoms with Gasteiger partial charge in [0.25, 0.3) is 0 Å². The number of aryl methyl sites for hydroxylation is 1. The first-order chi connectivity index (χ1) is 16.8. The number of anilines is 4. The van der Waals surface area contributed by atoms with Crippen molar-refractivity contribution in [2.75, 3.05) is 10.6 Å². The highest BCUT2D eigenvalue weighted by Crippen LogP contribution is 2.25. The minimum atomic E-state index is -5.08. The number of nitrogens with one attached hydrogen (secondary N) is 3. The molecule has 0 radical (unpaired) electrons. The van der Waals surface area contributed by atoms with Crippen LogP contribution in [0.1, 0.15) is 15.9 Å². The van der Waals surface area contributed by atoms with Crippen molar-refractivity contribution < 1.29 is 32.3 Å². The smallest absolute Gasteiger partial charge is 0.475 e. The summed E-state index contributed by atoms with van der Waals surface area (Å²) < 4.78 is 36.7. The number of primary amides is 1. The average Bonchev–Trinajstić information content (AvgIpc) is 3.15. The van der Waals surface area contributed by atoms with E-state index in [0.717, 1.165) is 11.3 Å². The van der Waals surface area contributed by atoms with Crippen molar-refractivity contribution in [3.8, 4) is 0 Å². The van der Waals surface area contributed by atoms with E-state index in [2.05, 4.69) is 25.6 Å². The molecule has 0 saturated carbocycles. The SMILES string of the molecule is Cc1cnc(Nc2ccc(C(N)=O)c(Cl)c2)nc1Nc1ccc2oc(=O)[nH]c2c1.O=C(O)C(F)(F)F. The Labute approximate surface area is 204 Å². The van der Waals surface area contributed by atoms with Gasteiger partial charge < -0.3 is 25.9 Å². The number of hydrogen-bond acceptors (Lipinski definition) is 8. The number of carboxylic acids is 1. The Balaban J connectivity index is 0.000000454. The van der Waals surface area contributed by atoms with Crippen LogP contribution in [-0.4, -0.2) is 38.1 Å². The number of alkyl halides is 3. The Morgan fingerprint density at radius 3 is 2.39 bits per heavy atom. The van der Waals surface area contributed by atoms with Crippen LogP contribution in [0.25, 0.3) is 11.1 Å². The number of hydrogen-bond donors (Lipinski definition) is 5. The molecule has 0 aliphatic heterocycles. The molecule has 0 unspecified atom stereocenters. The van der Waals surface area contributed by atoms with Gasteiger partial charge in [-0.3, -0.25) is 9.78 Å². The van der Waals surface area contributed by atoms with Gasteiger partial charge in [-0.25, -0.2) is 14.6 Å². The first kappa shape index (κ1) is 26.0. The first-order valence-corrected chi connectivity index (χ1v) is 10.1. The largest absolute Gasteiger partial charge is 0.490 e. The van der Waals surface area contributed by atoms with Crippen molar-refractivity contribution in [2.45, 2.75) is 13.1 Å². The van der Waals surface area contributed by atoms with E-state index < -0.39 is 23.8 Å². The van der Waals surface area contributed by atoms with E-state index in [1.165, 1.54) is 6.07 Å². The van der Waals surface area contributed by atoms with Crippen molar-refractivity contribution in [3.63, 3.8) is 0 Å². The maximum Gasteiger partial charge on any atom is 0.490 e. The predicted octanol–water partition coefficient (Wildman–Crippen LogP) is 4.09. The summed E-state index contributed by atoms with van der Waals surface area (Å²) in [4.78, 5) is 42.8. The molecule has 188 valence electrons. The molecule has 15 heteroatoms. The van der Waals surface area contributed by atoms with Gasteiger partial charge in [0.15, 0.2) is 5.58 Å². The molecule has 36 heavy (non-hydrogen) atoms. The number of aromatic amines is 1. The van der Waals surface area contributed by atoms with Crippen molar-refractivity contribution in [1.29, 1.82) is 0 Å². The van der Waals surface area contributed by atoms with Crippen molar-refractivity contribution in [2.24, 2.45) is 5.73 Å².